The van der Waals surface area contributed by atoms with Crippen LogP contribution in [0.1, 0.15) is 36.5 Å². The summed E-state index contributed by atoms with van der Waals surface area (Å²) in [5.74, 6) is -2.39. The van der Waals surface area contributed by atoms with Gasteiger partial charge in [0.2, 0.25) is 10.0 Å². The van der Waals surface area contributed by atoms with Crippen molar-refractivity contribution in [3.8, 4) is 0 Å². The van der Waals surface area contributed by atoms with Crippen molar-refractivity contribution in [3.05, 3.63) is 29.6 Å². The van der Waals surface area contributed by atoms with Gasteiger partial charge >= 0.3 is 5.97 Å². The topological polar surface area (TPSA) is 95.0 Å². The Labute approximate surface area is 151 Å². The Kier molecular flexibility index (Phi) is 4.78. The zero-order valence-corrected chi connectivity index (χ0v) is 15.3. The average molecular weight is 384 g/mol. The van der Waals surface area contributed by atoms with Gasteiger partial charge in [-0.25, -0.2) is 12.8 Å². The normalized spacial score (nSPS) is 24.2. The van der Waals surface area contributed by atoms with Crippen molar-refractivity contribution < 1.29 is 27.5 Å². The number of hydrogen-bond acceptors (Lipinski definition) is 4. The summed E-state index contributed by atoms with van der Waals surface area (Å²) in [6.45, 7) is 2.52. The number of hydrogen-bond donors (Lipinski definition) is 1. The zero-order chi connectivity index (χ0) is 19.1. The molecule has 9 heteroatoms. The number of sulfonamides is 1. The summed E-state index contributed by atoms with van der Waals surface area (Å²) >= 11 is 0. The zero-order valence-electron chi connectivity index (χ0n) is 14.4. The molecule has 2 saturated heterocycles. The molecule has 0 saturated carbocycles. The van der Waals surface area contributed by atoms with Crippen molar-refractivity contribution in [1.82, 2.24) is 9.21 Å². The number of halogens is 1. The van der Waals surface area contributed by atoms with Gasteiger partial charge in [0, 0.05) is 26.2 Å². The van der Waals surface area contributed by atoms with E-state index in [1.807, 2.05) is 0 Å². The van der Waals surface area contributed by atoms with Crippen molar-refractivity contribution in [2.45, 2.75) is 31.1 Å². The number of carbonyl (C=O) groups is 2. The summed E-state index contributed by atoms with van der Waals surface area (Å²) in [5, 5.41) is 9.25. The van der Waals surface area contributed by atoms with Gasteiger partial charge in [-0.3, -0.25) is 9.59 Å². The molecular weight excluding hydrogens is 363 g/mol. The van der Waals surface area contributed by atoms with E-state index < -0.39 is 33.1 Å². The van der Waals surface area contributed by atoms with Crippen LogP contribution in [0.5, 0.6) is 0 Å². The van der Waals surface area contributed by atoms with Gasteiger partial charge in [-0.1, -0.05) is 0 Å². The molecule has 2 heterocycles. The lowest BCUT2D eigenvalue weighted by Gasteiger charge is -2.20. The Bertz CT molecular complexity index is 851. The summed E-state index contributed by atoms with van der Waals surface area (Å²) in [4.78, 5) is 24.9. The highest BCUT2D eigenvalue weighted by molar-refractivity contribution is 7.89. The molecule has 142 valence electrons. The summed E-state index contributed by atoms with van der Waals surface area (Å²) < 4.78 is 40.9. The number of likely N-dealkylation sites (tertiary alicyclic amines) is 1. The molecule has 26 heavy (non-hydrogen) atoms. The van der Waals surface area contributed by atoms with Crippen molar-refractivity contribution in [2.75, 3.05) is 26.2 Å². The molecule has 2 aliphatic heterocycles. The minimum atomic E-state index is -4.02. The van der Waals surface area contributed by atoms with Crippen LogP contribution in [0.4, 0.5) is 4.39 Å². The van der Waals surface area contributed by atoms with E-state index in [1.165, 1.54) is 19.1 Å². The molecule has 3 rings (SSSR count). The molecule has 0 aliphatic carbocycles. The van der Waals surface area contributed by atoms with Crippen molar-refractivity contribution >= 4 is 21.9 Å². The van der Waals surface area contributed by atoms with Crippen LogP contribution in [0, 0.1) is 11.2 Å². The average Bonchev–Trinajstić information content (AvgIpc) is 3.24. The maximum atomic E-state index is 14.4. The van der Waals surface area contributed by atoms with Crippen LogP contribution < -0.4 is 0 Å². The van der Waals surface area contributed by atoms with Gasteiger partial charge in [-0.2, -0.15) is 4.31 Å². The van der Waals surface area contributed by atoms with Crippen molar-refractivity contribution in [1.29, 1.82) is 0 Å². The second kappa shape index (κ2) is 6.62. The fourth-order valence-electron chi connectivity index (χ4n) is 3.37. The molecule has 0 radical (unpaired) electrons. The lowest BCUT2D eigenvalue weighted by Crippen LogP contribution is -2.35. The minimum absolute atomic E-state index is 0.0568. The molecule has 1 N–H and O–H groups in total. The van der Waals surface area contributed by atoms with E-state index in [-0.39, 0.29) is 30.0 Å². The molecule has 2 aliphatic rings. The summed E-state index contributed by atoms with van der Waals surface area (Å²) in [5.41, 5.74) is -1.31. The Balaban J connectivity index is 1.84. The summed E-state index contributed by atoms with van der Waals surface area (Å²) in [6.07, 6.45) is 1.93. The molecule has 2 fully saturated rings. The molecular formula is C17H21FN2O5S. The maximum absolute atomic E-state index is 14.4. The number of rotatable bonds is 4. The monoisotopic (exact) mass is 384 g/mol. The first-order valence-electron chi connectivity index (χ1n) is 8.47. The standard InChI is InChI=1S/C17H21FN2O5S/c1-17(16(22)23)6-9-20(11-17)26(24,25)12-4-5-13(14(18)10-12)15(21)19-7-2-3-8-19/h4-5,10H,2-3,6-9,11H2,1H3,(H,22,23). The largest absolute Gasteiger partial charge is 0.481 e. The predicted molar refractivity (Wildman–Crippen MR) is 90.7 cm³/mol. The fourth-order valence-corrected chi connectivity index (χ4v) is 4.94. The maximum Gasteiger partial charge on any atom is 0.310 e. The van der Waals surface area contributed by atoms with Crippen LogP contribution in [-0.4, -0.2) is 60.8 Å². The Morgan fingerprint density at radius 3 is 2.38 bits per heavy atom. The molecule has 1 amide bonds. The number of nitrogens with zero attached hydrogens (tertiary/aromatic N) is 2. The highest BCUT2D eigenvalue weighted by atomic mass is 32.2. The Morgan fingerprint density at radius 1 is 1.19 bits per heavy atom. The van der Waals surface area contributed by atoms with E-state index in [2.05, 4.69) is 0 Å². The third-order valence-electron chi connectivity index (χ3n) is 5.16. The Morgan fingerprint density at radius 2 is 1.85 bits per heavy atom. The predicted octanol–water partition coefficient (Wildman–Crippen LogP) is 1.55. The molecule has 0 spiro atoms. The first kappa shape index (κ1) is 18.8. The first-order chi connectivity index (χ1) is 12.1. The summed E-state index contributed by atoms with van der Waals surface area (Å²) in [6, 6.07) is 3.24. The number of amides is 1. The third-order valence-corrected chi connectivity index (χ3v) is 7.00. The van der Waals surface area contributed by atoms with Crippen LogP contribution in [0.3, 0.4) is 0 Å². The number of carboxylic acids is 1. The Hall–Kier alpha value is -2.00. The molecule has 1 aromatic rings. The highest BCUT2D eigenvalue weighted by Gasteiger charge is 2.45. The number of benzene rings is 1. The number of carboxylic acid groups (broad SMARTS) is 1. The lowest BCUT2D eigenvalue weighted by atomic mass is 9.90. The second-order valence-electron chi connectivity index (χ2n) is 7.10. The fraction of sp³-hybridized carbons (Fsp3) is 0.529. The van der Waals surface area contributed by atoms with Gasteiger partial charge in [0.25, 0.3) is 5.91 Å². The third kappa shape index (κ3) is 3.21. The van der Waals surface area contributed by atoms with Gasteiger partial charge in [0.1, 0.15) is 5.82 Å². The van der Waals surface area contributed by atoms with Crippen LogP contribution in [0.25, 0.3) is 0 Å². The van der Waals surface area contributed by atoms with Gasteiger partial charge in [0.15, 0.2) is 0 Å². The molecule has 1 aromatic carbocycles. The number of carbonyl (C=O) groups excluding carboxylic acids is 1. The first-order valence-corrected chi connectivity index (χ1v) is 9.91. The van der Waals surface area contributed by atoms with Gasteiger partial charge in [0.05, 0.1) is 15.9 Å². The smallest absolute Gasteiger partial charge is 0.310 e. The van der Waals surface area contributed by atoms with E-state index in [9.17, 15) is 27.5 Å². The van der Waals surface area contributed by atoms with E-state index in [4.69, 9.17) is 0 Å². The van der Waals surface area contributed by atoms with Crippen LogP contribution >= 0.6 is 0 Å². The molecule has 0 aromatic heterocycles. The highest BCUT2D eigenvalue weighted by Crippen LogP contribution is 2.34. The van der Waals surface area contributed by atoms with Crippen LogP contribution in [-0.2, 0) is 14.8 Å². The number of aliphatic carboxylic acids is 1. The van der Waals surface area contributed by atoms with E-state index in [1.54, 1.807) is 4.90 Å². The van der Waals surface area contributed by atoms with Gasteiger partial charge in [-0.15, -0.1) is 0 Å². The SMILES string of the molecule is CC1(C(=O)O)CCN(S(=O)(=O)c2ccc(C(=O)N3CCCC3)c(F)c2)C1. The van der Waals surface area contributed by atoms with Crippen molar-refractivity contribution in [2.24, 2.45) is 5.41 Å². The van der Waals surface area contributed by atoms with Crippen molar-refractivity contribution in [3.63, 3.8) is 0 Å². The molecule has 1 atom stereocenters. The molecule has 1 unspecified atom stereocenters. The van der Waals surface area contributed by atoms with Gasteiger partial charge in [-0.05, 0) is 44.4 Å². The minimum Gasteiger partial charge on any atom is -0.481 e. The summed E-state index contributed by atoms with van der Waals surface area (Å²) in [7, 11) is -4.02. The lowest BCUT2D eigenvalue weighted by molar-refractivity contribution is -0.146. The van der Waals surface area contributed by atoms with Crippen LogP contribution in [0.15, 0.2) is 23.1 Å². The van der Waals surface area contributed by atoms with E-state index in [0.717, 1.165) is 23.2 Å². The molecule has 0 bridgehead atoms. The second-order valence-corrected chi connectivity index (χ2v) is 9.03. The quantitative estimate of drug-likeness (QED) is 0.850. The van der Waals surface area contributed by atoms with Crippen LogP contribution in [0.2, 0.25) is 0 Å². The van der Waals surface area contributed by atoms with E-state index >= 15 is 0 Å². The van der Waals surface area contributed by atoms with Gasteiger partial charge < -0.3 is 10.0 Å². The molecule has 7 nitrogen and oxygen atoms in total. The van der Waals surface area contributed by atoms with E-state index in [0.29, 0.717) is 13.1 Å².